The third-order valence-corrected chi connectivity index (χ3v) is 1.88. The van der Waals surface area contributed by atoms with Crippen LogP contribution in [-0.2, 0) is 9.59 Å². The number of hydrogen-bond acceptors (Lipinski definition) is 5. The summed E-state index contributed by atoms with van der Waals surface area (Å²) < 4.78 is 1.32. The van der Waals surface area contributed by atoms with Gasteiger partial charge in [0.15, 0.2) is 0 Å². The summed E-state index contributed by atoms with van der Waals surface area (Å²) >= 11 is 0. The minimum atomic E-state index is -1.31. The Kier molecular flexibility index (Phi) is 4.01. The predicted octanol–water partition coefficient (Wildman–Crippen LogP) is -1.84. The van der Waals surface area contributed by atoms with Crippen molar-refractivity contribution in [2.45, 2.75) is 12.5 Å². The van der Waals surface area contributed by atoms with Crippen molar-refractivity contribution < 1.29 is 14.7 Å². The number of hydrazine groups is 1. The van der Waals surface area contributed by atoms with Crippen molar-refractivity contribution in [2.75, 3.05) is 14.1 Å². The molecule has 0 aliphatic rings. The fraction of sp³-hybridized carbons (Fsp3) is 0.444. The molecule has 88 valence electrons. The van der Waals surface area contributed by atoms with Gasteiger partial charge in [-0.05, 0) is 0 Å². The maximum Gasteiger partial charge on any atom is 0.236 e. The Labute approximate surface area is 92.7 Å². The van der Waals surface area contributed by atoms with Gasteiger partial charge in [0, 0.05) is 26.5 Å². The molecule has 7 heteroatoms. The molecule has 0 saturated heterocycles. The zero-order valence-corrected chi connectivity index (χ0v) is 9.08. The molecular weight excluding hydrogens is 212 g/mol. The van der Waals surface area contributed by atoms with Gasteiger partial charge in [0.05, 0.1) is 24.8 Å². The molecule has 0 radical (unpaired) electrons. The molecule has 0 aliphatic carbocycles. The summed E-state index contributed by atoms with van der Waals surface area (Å²) in [7, 11) is 3.28. The molecule has 1 N–H and O–H groups in total. The van der Waals surface area contributed by atoms with E-state index in [1.54, 1.807) is 14.1 Å². The largest absolute Gasteiger partial charge is 0.548 e. The Morgan fingerprint density at radius 1 is 1.56 bits per heavy atom. The minimum absolute atomic E-state index is 0.198. The van der Waals surface area contributed by atoms with E-state index in [0.717, 1.165) is 0 Å². The first-order chi connectivity index (χ1) is 7.50. The quantitative estimate of drug-likeness (QED) is 0.594. The first kappa shape index (κ1) is 12.2. The SMILES string of the molecule is CN(C)NC(=O)C[C@H](C(=O)[O-])n1ccnc1. The van der Waals surface area contributed by atoms with Crippen LogP contribution in [0, 0.1) is 0 Å². The number of amides is 1. The molecule has 0 spiro atoms. The molecule has 0 aliphatic heterocycles. The van der Waals surface area contributed by atoms with Gasteiger partial charge >= 0.3 is 0 Å². The Balaban J connectivity index is 2.67. The Morgan fingerprint density at radius 3 is 2.69 bits per heavy atom. The second-order valence-electron chi connectivity index (χ2n) is 3.48. The highest BCUT2D eigenvalue weighted by Gasteiger charge is 2.16. The van der Waals surface area contributed by atoms with Crippen molar-refractivity contribution in [3.63, 3.8) is 0 Å². The summed E-state index contributed by atoms with van der Waals surface area (Å²) in [6.07, 6.45) is 4.06. The molecule has 1 atom stereocenters. The summed E-state index contributed by atoms with van der Waals surface area (Å²) in [4.78, 5) is 26.0. The Morgan fingerprint density at radius 2 is 2.25 bits per heavy atom. The van der Waals surface area contributed by atoms with E-state index in [1.165, 1.54) is 28.3 Å². The van der Waals surface area contributed by atoms with Gasteiger partial charge in [-0.3, -0.25) is 10.2 Å². The van der Waals surface area contributed by atoms with Crippen LogP contribution in [0.1, 0.15) is 12.5 Å². The van der Waals surface area contributed by atoms with Gasteiger partial charge in [-0.25, -0.2) is 9.99 Å². The summed E-state index contributed by atoms with van der Waals surface area (Å²) in [5.41, 5.74) is 2.46. The van der Waals surface area contributed by atoms with Crippen LogP contribution < -0.4 is 10.5 Å². The highest BCUT2D eigenvalue weighted by atomic mass is 16.4. The summed E-state index contributed by atoms with van der Waals surface area (Å²) in [5.74, 6) is -1.71. The number of carboxylic acid groups (broad SMARTS) is 1. The zero-order chi connectivity index (χ0) is 12.1. The van der Waals surface area contributed by atoms with Gasteiger partial charge < -0.3 is 14.5 Å². The fourth-order valence-corrected chi connectivity index (χ4v) is 1.23. The van der Waals surface area contributed by atoms with Crippen LogP contribution in [0.5, 0.6) is 0 Å². The number of imidazole rings is 1. The molecule has 0 fully saturated rings. The second kappa shape index (κ2) is 5.26. The van der Waals surface area contributed by atoms with Gasteiger partial charge in [0.2, 0.25) is 5.91 Å². The number of rotatable bonds is 5. The van der Waals surface area contributed by atoms with Crippen LogP contribution >= 0.6 is 0 Å². The number of aliphatic carboxylic acids is 1. The molecule has 1 heterocycles. The lowest BCUT2D eigenvalue weighted by Gasteiger charge is -2.20. The first-order valence-corrected chi connectivity index (χ1v) is 4.66. The third-order valence-electron chi connectivity index (χ3n) is 1.88. The molecule has 0 aromatic carbocycles. The number of aromatic nitrogens is 2. The maximum absolute atomic E-state index is 11.4. The van der Waals surface area contributed by atoms with Crippen molar-refractivity contribution in [3.05, 3.63) is 18.7 Å². The molecule has 1 aromatic rings. The number of carbonyl (C=O) groups is 2. The molecule has 1 rings (SSSR count). The smallest absolute Gasteiger partial charge is 0.236 e. The molecule has 0 unspecified atom stereocenters. The van der Waals surface area contributed by atoms with Crippen molar-refractivity contribution in [1.29, 1.82) is 0 Å². The van der Waals surface area contributed by atoms with E-state index < -0.39 is 17.9 Å². The van der Waals surface area contributed by atoms with Crippen molar-refractivity contribution in [3.8, 4) is 0 Å². The summed E-state index contributed by atoms with van der Waals surface area (Å²) in [6, 6.07) is -1.04. The number of nitrogens with zero attached hydrogens (tertiary/aromatic N) is 3. The van der Waals surface area contributed by atoms with Gasteiger partial charge in [-0.1, -0.05) is 0 Å². The predicted molar refractivity (Wildman–Crippen MR) is 52.7 cm³/mol. The van der Waals surface area contributed by atoms with Gasteiger partial charge in [-0.15, -0.1) is 0 Å². The summed E-state index contributed by atoms with van der Waals surface area (Å²) in [6.45, 7) is 0. The van der Waals surface area contributed by atoms with Crippen LogP contribution in [-0.4, -0.2) is 40.5 Å². The molecule has 16 heavy (non-hydrogen) atoms. The molecule has 0 bridgehead atoms. The van der Waals surface area contributed by atoms with E-state index in [2.05, 4.69) is 10.4 Å². The van der Waals surface area contributed by atoms with E-state index in [1.807, 2.05) is 0 Å². The lowest BCUT2D eigenvalue weighted by atomic mass is 10.2. The molecule has 0 saturated carbocycles. The molecular formula is C9H13N4O3-. The molecule has 1 amide bonds. The number of carbonyl (C=O) groups excluding carboxylic acids is 2. The Hall–Kier alpha value is -1.89. The van der Waals surface area contributed by atoms with Crippen LogP contribution in [0.15, 0.2) is 18.7 Å². The van der Waals surface area contributed by atoms with E-state index in [4.69, 9.17) is 0 Å². The Bertz CT molecular complexity index is 361. The monoisotopic (exact) mass is 225 g/mol. The van der Waals surface area contributed by atoms with Crippen LogP contribution in [0.4, 0.5) is 0 Å². The second-order valence-corrected chi connectivity index (χ2v) is 3.48. The van der Waals surface area contributed by atoms with Crippen molar-refractivity contribution in [1.82, 2.24) is 20.0 Å². The van der Waals surface area contributed by atoms with Crippen LogP contribution in [0.25, 0.3) is 0 Å². The standard InChI is InChI=1S/C9H14N4O3/c1-12(2)11-8(14)5-7(9(15)16)13-4-3-10-6-13/h3-4,6-7H,5H2,1-2H3,(H,11,14)(H,15,16)/p-1/t7-/m1/s1. The summed E-state index contributed by atoms with van der Waals surface area (Å²) in [5, 5.41) is 12.3. The number of hydrogen-bond donors (Lipinski definition) is 1. The third kappa shape index (κ3) is 3.35. The zero-order valence-electron chi connectivity index (χ0n) is 9.08. The topological polar surface area (TPSA) is 90.3 Å². The average molecular weight is 225 g/mol. The van der Waals surface area contributed by atoms with Gasteiger partial charge in [0.1, 0.15) is 0 Å². The number of nitrogens with one attached hydrogen (secondary N) is 1. The van der Waals surface area contributed by atoms with E-state index in [-0.39, 0.29) is 6.42 Å². The van der Waals surface area contributed by atoms with E-state index >= 15 is 0 Å². The minimum Gasteiger partial charge on any atom is -0.548 e. The maximum atomic E-state index is 11.4. The average Bonchev–Trinajstić information content (AvgIpc) is 2.64. The normalized spacial score (nSPS) is 12.4. The fourth-order valence-electron chi connectivity index (χ4n) is 1.23. The lowest BCUT2D eigenvalue weighted by molar-refractivity contribution is -0.310. The van der Waals surface area contributed by atoms with E-state index in [9.17, 15) is 14.7 Å². The van der Waals surface area contributed by atoms with Crippen LogP contribution in [0.3, 0.4) is 0 Å². The van der Waals surface area contributed by atoms with Gasteiger partial charge in [-0.2, -0.15) is 0 Å². The van der Waals surface area contributed by atoms with Crippen LogP contribution in [0.2, 0.25) is 0 Å². The van der Waals surface area contributed by atoms with Crippen molar-refractivity contribution >= 4 is 11.9 Å². The van der Waals surface area contributed by atoms with Gasteiger partial charge in [0.25, 0.3) is 0 Å². The highest BCUT2D eigenvalue weighted by Crippen LogP contribution is 2.09. The lowest BCUT2D eigenvalue weighted by Crippen LogP contribution is -2.41. The molecule has 1 aromatic heterocycles. The first-order valence-electron chi connectivity index (χ1n) is 4.66. The van der Waals surface area contributed by atoms with Crippen molar-refractivity contribution in [2.24, 2.45) is 0 Å². The van der Waals surface area contributed by atoms with E-state index in [0.29, 0.717) is 0 Å². The molecule has 7 nitrogen and oxygen atoms in total. The highest BCUT2D eigenvalue weighted by molar-refractivity contribution is 5.82. The number of carboxylic acids is 1.